The maximum absolute atomic E-state index is 12.3. The van der Waals surface area contributed by atoms with Gasteiger partial charge in [-0.15, -0.1) is 0 Å². The average molecular weight is 311 g/mol. The van der Waals surface area contributed by atoms with Crippen LogP contribution in [0.15, 0.2) is 0 Å². The Morgan fingerprint density at radius 1 is 1.23 bits per heavy atom. The van der Waals surface area contributed by atoms with Crippen LogP contribution in [0.1, 0.15) is 46.5 Å². The molecule has 0 saturated carbocycles. The number of nitrogens with zero attached hydrogens (tertiary/aromatic N) is 2. The minimum absolute atomic E-state index is 0.00770. The van der Waals surface area contributed by atoms with Crippen LogP contribution in [0, 0.1) is 11.8 Å². The standard InChI is InChI=1S/C17H33N3O2/c1-14-5-4-8-20(11-14)17(2,3)13-18-16(22)19-9-6-15(12-21)7-10-19/h14-15,21H,4-13H2,1-3H3,(H,18,22). The van der Waals surface area contributed by atoms with Crippen molar-refractivity contribution in [3.8, 4) is 0 Å². The number of piperidine rings is 2. The second-order valence-corrected chi connectivity index (χ2v) is 7.78. The zero-order valence-electron chi connectivity index (χ0n) is 14.5. The van der Waals surface area contributed by atoms with E-state index in [2.05, 4.69) is 31.0 Å². The van der Waals surface area contributed by atoms with E-state index in [1.165, 1.54) is 12.8 Å². The third-order valence-corrected chi connectivity index (χ3v) is 5.35. The summed E-state index contributed by atoms with van der Waals surface area (Å²) in [5.74, 6) is 1.12. The van der Waals surface area contributed by atoms with Gasteiger partial charge in [-0.05, 0) is 57.9 Å². The Labute approximate surface area is 135 Å². The second kappa shape index (κ2) is 7.64. The Bertz CT molecular complexity index is 365. The van der Waals surface area contributed by atoms with Crippen LogP contribution in [0.3, 0.4) is 0 Å². The lowest BCUT2D eigenvalue weighted by Crippen LogP contribution is -2.56. The van der Waals surface area contributed by atoms with E-state index < -0.39 is 0 Å². The zero-order valence-corrected chi connectivity index (χ0v) is 14.5. The lowest BCUT2D eigenvalue weighted by Gasteiger charge is -2.43. The zero-order chi connectivity index (χ0) is 16.2. The van der Waals surface area contributed by atoms with Gasteiger partial charge in [-0.25, -0.2) is 4.79 Å². The van der Waals surface area contributed by atoms with Gasteiger partial charge in [0.2, 0.25) is 0 Å². The number of aliphatic hydroxyl groups is 1. The maximum Gasteiger partial charge on any atom is 0.317 e. The van der Waals surface area contributed by atoms with Gasteiger partial charge in [0.25, 0.3) is 0 Å². The van der Waals surface area contributed by atoms with Gasteiger partial charge in [-0.2, -0.15) is 0 Å². The number of amides is 2. The van der Waals surface area contributed by atoms with E-state index in [0.717, 1.165) is 44.9 Å². The van der Waals surface area contributed by atoms with Crippen LogP contribution in [-0.2, 0) is 0 Å². The summed E-state index contributed by atoms with van der Waals surface area (Å²) >= 11 is 0. The third-order valence-electron chi connectivity index (χ3n) is 5.35. The largest absolute Gasteiger partial charge is 0.396 e. The molecule has 0 bridgehead atoms. The van der Waals surface area contributed by atoms with E-state index in [4.69, 9.17) is 5.11 Å². The highest BCUT2D eigenvalue weighted by atomic mass is 16.3. The van der Waals surface area contributed by atoms with Gasteiger partial charge in [0.15, 0.2) is 0 Å². The molecule has 5 heteroatoms. The van der Waals surface area contributed by atoms with Crippen molar-refractivity contribution in [3.05, 3.63) is 0 Å². The van der Waals surface area contributed by atoms with Crippen molar-refractivity contribution in [2.24, 2.45) is 11.8 Å². The third kappa shape index (κ3) is 4.59. The van der Waals surface area contributed by atoms with Crippen molar-refractivity contribution < 1.29 is 9.90 Å². The topological polar surface area (TPSA) is 55.8 Å². The molecule has 5 nitrogen and oxygen atoms in total. The minimum Gasteiger partial charge on any atom is -0.396 e. The molecule has 2 N–H and O–H groups in total. The van der Waals surface area contributed by atoms with Crippen molar-refractivity contribution in [2.45, 2.75) is 52.0 Å². The van der Waals surface area contributed by atoms with Gasteiger partial charge in [0.05, 0.1) is 0 Å². The van der Waals surface area contributed by atoms with Crippen LogP contribution in [0.4, 0.5) is 4.79 Å². The molecule has 0 aromatic heterocycles. The SMILES string of the molecule is CC1CCCN(C(C)(C)CNC(=O)N2CCC(CO)CC2)C1. The first-order valence-corrected chi connectivity index (χ1v) is 8.81. The molecule has 2 saturated heterocycles. The fraction of sp³-hybridized carbons (Fsp3) is 0.941. The first-order valence-electron chi connectivity index (χ1n) is 8.81. The minimum atomic E-state index is 0.00770. The van der Waals surface area contributed by atoms with Gasteiger partial charge in [0, 0.05) is 38.3 Å². The molecule has 2 rings (SSSR count). The molecule has 0 aliphatic carbocycles. The van der Waals surface area contributed by atoms with E-state index in [9.17, 15) is 4.79 Å². The van der Waals surface area contributed by atoms with Gasteiger partial charge < -0.3 is 15.3 Å². The summed E-state index contributed by atoms with van der Waals surface area (Å²) in [6.45, 7) is 11.5. The van der Waals surface area contributed by atoms with E-state index in [1.807, 2.05) is 4.90 Å². The number of likely N-dealkylation sites (tertiary alicyclic amines) is 2. The number of hydrogen-bond donors (Lipinski definition) is 2. The summed E-state index contributed by atoms with van der Waals surface area (Å²) < 4.78 is 0. The molecule has 128 valence electrons. The molecule has 0 radical (unpaired) electrons. The van der Waals surface area contributed by atoms with Crippen molar-refractivity contribution in [1.29, 1.82) is 0 Å². The highest BCUT2D eigenvalue weighted by Crippen LogP contribution is 2.23. The number of aliphatic hydroxyl groups excluding tert-OH is 1. The molecule has 2 amide bonds. The van der Waals surface area contributed by atoms with Crippen molar-refractivity contribution >= 4 is 6.03 Å². The Hall–Kier alpha value is -0.810. The predicted molar refractivity (Wildman–Crippen MR) is 88.8 cm³/mol. The lowest BCUT2D eigenvalue weighted by molar-refractivity contribution is 0.0699. The summed E-state index contributed by atoms with van der Waals surface area (Å²) in [6, 6.07) is 0.0505. The fourth-order valence-corrected chi connectivity index (χ4v) is 3.57. The molecule has 0 aromatic rings. The smallest absolute Gasteiger partial charge is 0.317 e. The quantitative estimate of drug-likeness (QED) is 0.834. The molecule has 2 fully saturated rings. The van der Waals surface area contributed by atoms with Crippen LogP contribution in [0.5, 0.6) is 0 Å². The van der Waals surface area contributed by atoms with Crippen LogP contribution in [-0.4, -0.2) is 65.8 Å². The number of hydrogen-bond acceptors (Lipinski definition) is 3. The first kappa shape index (κ1) is 17.5. The van der Waals surface area contributed by atoms with Crippen molar-refractivity contribution in [2.75, 3.05) is 39.3 Å². The van der Waals surface area contributed by atoms with E-state index in [1.54, 1.807) is 0 Å². The lowest BCUT2D eigenvalue weighted by atomic mass is 9.93. The summed E-state index contributed by atoms with van der Waals surface area (Å²) in [7, 11) is 0. The Kier molecular flexibility index (Phi) is 6.09. The second-order valence-electron chi connectivity index (χ2n) is 7.78. The van der Waals surface area contributed by atoms with Gasteiger partial charge in [-0.3, -0.25) is 4.90 Å². The monoisotopic (exact) mass is 311 g/mol. The molecule has 2 aliphatic rings. The highest BCUT2D eigenvalue weighted by molar-refractivity contribution is 5.74. The number of rotatable bonds is 4. The molecule has 2 aliphatic heterocycles. The first-order chi connectivity index (χ1) is 10.4. The van der Waals surface area contributed by atoms with Gasteiger partial charge in [-0.1, -0.05) is 6.92 Å². The Morgan fingerprint density at radius 3 is 2.50 bits per heavy atom. The molecule has 2 heterocycles. The Morgan fingerprint density at radius 2 is 1.91 bits per heavy atom. The molecule has 0 spiro atoms. The van der Waals surface area contributed by atoms with Crippen molar-refractivity contribution in [3.63, 3.8) is 0 Å². The number of carbonyl (C=O) groups excluding carboxylic acids is 1. The van der Waals surface area contributed by atoms with Gasteiger partial charge in [0.1, 0.15) is 0 Å². The fourth-order valence-electron chi connectivity index (χ4n) is 3.57. The average Bonchev–Trinajstić information content (AvgIpc) is 2.53. The normalized spacial score (nSPS) is 25.3. The van der Waals surface area contributed by atoms with E-state index in [-0.39, 0.29) is 18.2 Å². The molecular weight excluding hydrogens is 278 g/mol. The Balaban J connectivity index is 1.77. The summed E-state index contributed by atoms with van der Waals surface area (Å²) in [4.78, 5) is 16.7. The summed E-state index contributed by atoms with van der Waals surface area (Å²) in [6.07, 6.45) is 4.40. The number of nitrogens with one attached hydrogen (secondary N) is 1. The van der Waals surface area contributed by atoms with E-state index >= 15 is 0 Å². The van der Waals surface area contributed by atoms with Crippen LogP contribution in [0.2, 0.25) is 0 Å². The number of urea groups is 1. The molecular formula is C17H33N3O2. The maximum atomic E-state index is 12.3. The molecule has 0 aromatic carbocycles. The molecule has 1 unspecified atom stereocenters. The highest BCUT2D eigenvalue weighted by Gasteiger charge is 2.31. The predicted octanol–water partition coefficient (Wildman–Crippen LogP) is 1.91. The van der Waals surface area contributed by atoms with E-state index in [0.29, 0.717) is 12.5 Å². The molecule has 22 heavy (non-hydrogen) atoms. The van der Waals surface area contributed by atoms with Crippen molar-refractivity contribution in [1.82, 2.24) is 15.1 Å². The number of carbonyl (C=O) groups is 1. The van der Waals surface area contributed by atoms with Crippen LogP contribution < -0.4 is 5.32 Å². The summed E-state index contributed by atoms with van der Waals surface area (Å²) in [5.41, 5.74) is 0.00770. The molecule has 1 atom stereocenters. The van der Waals surface area contributed by atoms with Crippen LogP contribution in [0.25, 0.3) is 0 Å². The van der Waals surface area contributed by atoms with Gasteiger partial charge >= 0.3 is 6.03 Å². The van der Waals surface area contributed by atoms with Crippen LogP contribution >= 0.6 is 0 Å². The summed E-state index contributed by atoms with van der Waals surface area (Å²) in [5, 5.41) is 12.3.